The number of hydrogen-bond acceptors (Lipinski definition) is 3. The molecule has 0 amide bonds. The molecule has 0 rings (SSSR count). The van der Waals surface area contributed by atoms with Gasteiger partial charge in [0.15, 0.2) is 0 Å². The molecule has 0 spiro atoms. The molecule has 1 N–H and O–H groups in total. The number of aliphatic hydroxyl groups excluding tert-OH is 1. The normalized spacial score (nSPS) is 9.80. The Morgan fingerprint density at radius 2 is 2.30 bits per heavy atom. The Morgan fingerprint density at radius 1 is 1.60 bits per heavy atom. The minimum absolute atomic E-state index is 0.303. The summed E-state index contributed by atoms with van der Waals surface area (Å²) in [5.74, 6) is 0.877. The molecule has 0 bridgehead atoms. The van der Waals surface area contributed by atoms with Crippen molar-refractivity contribution in [2.45, 2.75) is 24.2 Å². The molecule has 10 heavy (non-hydrogen) atoms. The summed E-state index contributed by atoms with van der Waals surface area (Å²) in [6, 6.07) is 0. The van der Waals surface area contributed by atoms with Gasteiger partial charge in [0.1, 0.15) is 0 Å². The van der Waals surface area contributed by atoms with Crippen LogP contribution in [-0.4, -0.2) is 33.9 Å². The summed E-state index contributed by atoms with van der Waals surface area (Å²) in [6.45, 7) is 2.50. The van der Waals surface area contributed by atoms with Crippen molar-refractivity contribution in [1.29, 1.82) is 0 Å². The molecule has 60 valence electrons. The Morgan fingerprint density at radius 3 is 2.80 bits per heavy atom. The third-order valence-electron chi connectivity index (χ3n) is 1.09. The number of unbranched alkanes of at least 4 members (excludes halogenated alkanes) is 1. The number of hydrogen-bond donors (Lipinski definition) is 1. The molecule has 0 aliphatic heterocycles. The van der Waals surface area contributed by atoms with Crippen LogP contribution >= 0.6 is 18.2 Å². The van der Waals surface area contributed by atoms with E-state index in [1.165, 1.54) is 17.3 Å². The Bertz CT molecular complexity index is 87.7. The van der Waals surface area contributed by atoms with Gasteiger partial charge in [-0.3, -0.25) is 0 Å². The van der Waals surface area contributed by atoms with Crippen molar-refractivity contribution in [3.63, 3.8) is 0 Å². The van der Waals surface area contributed by atoms with E-state index >= 15 is 0 Å². The predicted molar refractivity (Wildman–Crippen MR) is 52.6 cm³/mol. The summed E-state index contributed by atoms with van der Waals surface area (Å²) in [6.07, 6.45) is 2.57. The summed E-state index contributed by atoms with van der Waals surface area (Å²) in [4.78, 5) is 0. The molecule has 0 aromatic rings. The van der Waals surface area contributed by atoms with Gasteiger partial charge in [-0.2, -0.15) is 0 Å². The van der Waals surface area contributed by atoms with Gasteiger partial charge < -0.3 is 0 Å². The van der Waals surface area contributed by atoms with Gasteiger partial charge >= 0.3 is 76.3 Å². The first kappa shape index (κ1) is 11.3. The second-order valence-electron chi connectivity index (χ2n) is 2.05. The van der Waals surface area contributed by atoms with E-state index in [4.69, 9.17) is 14.4 Å². The van der Waals surface area contributed by atoms with Gasteiger partial charge in [0.25, 0.3) is 0 Å². The molecule has 0 heterocycles. The maximum atomic E-state index is 8.50. The summed E-state index contributed by atoms with van der Waals surface area (Å²) in [5.41, 5.74) is 0. The fourth-order valence-corrected chi connectivity index (χ4v) is 10.4. The molecule has 0 aliphatic carbocycles. The Balaban J connectivity index is 3.09. The van der Waals surface area contributed by atoms with E-state index in [1.807, 2.05) is 8.95 Å². The summed E-state index contributed by atoms with van der Waals surface area (Å²) in [5, 5.41) is 8.50. The van der Waals surface area contributed by atoms with Crippen LogP contribution in [-0.2, 0) is 0 Å². The van der Waals surface area contributed by atoms with Crippen molar-refractivity contribution in [2.75, 3.05) is 12.4 Å². The topological polar surface area (TPSA) is 20.2 Å². The van der Waals surface area contributed by atoms with Gasteiger partial charge in [0.05, 0.1) is 0 Å². The van der Waals surface area contributed by atoms with E-state index in [2.05, 4.69) is 6.92 Å². The molecule has 1 nitrogen and oxygen atoms in total. The molecule has 0 saturated carbocycles. The van der Waals surface area contributed by atoms with Crippen molar-refractivity contribution in [3.8, 4) is 0 Å². The molecule has 0 unspecified atom stereocenters. The van der Waals surface area contributed by atoms with E-state index < -0.39 is 16.4 Å². The first-order valence-electron chi connectivity index (χ1n) is 3.57. The standard InChI is InChI=1S/C4H9.C2H6OS.S.Sn/c1-3-4-2;3-1-2-4;;/h1,3-4H2,2H3;3-4H,1-2H2;;/q;;;+1/p-1. The molecule has 4 heteroatoms. The van der Waals surface area contributed by atoms with Crippen LogP contribution in [0.5, 0.6) is 0 Å². The van der Waals surface area contributed by atoms with Gasteiger partial charge in [-0.15, -0.1) is 0 Å². The predicted octanol–water partition coefficient (Wildman–Crippen LogP) is 2.20. The van der Waals surface area contributed by atoms with Crippen LogP contribution in [0.4, 0.5) is 0 Å². The van der Waals surface area contributed by atoms with Crippen molar-refractivity contribution < 1.29 is 5.11 Å². The molecule has 0 saturated heterocycles. The van der Waals surface area contributed by atoms with Gasteiger partial charge in [0, 0.05) is 0 Å². The molecule has 0 radical (unpaired) electrons. The first-order valence-corrected chi connectivity index (χ1v) is 14.0. The summed E-state index contributed by atoms with van der Waals surface area (Å²) < 4.78 is 1.30. The summed E-state index contributed by atoms with van der Waals surface area (Å²) in [7, 11) is 7.19. The first-order chi connectivity index (χ1) is 4.81. The van der Waals surface area contributed by atoms with Crippen LogP contribution in [0.25, 0.3) is 0 Å². The van der Waals surface area contributed by atoms with Crippen LogP contribution in [0.3, 0.4) is 0 Å². The van der Waals surface area contributed by atoms with E-state index in [9.17, 15) is 0 Å². The summed E-state index contributed by atoms with van der Waals surface area (Å²) >= 11 is -1.40. The monoisotopic (exact) mass is 286 g/mol. The average Bonchev–Trinajstić information content (AvgIpc) is 1.97. The second-order valence-corrected chi connectivity index (χ2v) is 17.1. The van der Waals surface area contributed by atoms with Crippen LogP contribution in [0.2, 0.25) is 4.44 Å². The second kappa shape index (κ2) is 8.43. The van der Waals surface area contributed by atoms with Gasteiger partial charge in [0.2, 0.25) is 0 Å². The number of aliphatic hydroxyl groups is 1. The molecular formula is C6H14OS2Sn. The van der Waals surface area contributed by atoms with Crippen LogP contribution in [0.1, 0.15) is 19.8 Å². The van der Waals surface area contributed by atoms with Gasteiger partial charge in [-0.05, 0) is 0 Å². The van der Waals surface area contributed by atoms with E-state index in [0.29, 0.717) is 6.61 Å². The average molecular weight is 285 g/mol. The Labute approximate surface area is 75.9 Å². The van der Waals surface area contributed by atoms with E-state index in [1.54, 1.807) is 0 Å². The molecule has 0 fully saturated rings. The van der Waals surface area contributed by atoms with Crippen LogP contribution in [0.15, 0.2) is 0 Å². The Kier molecular flexibility index (Phi) is 9.55. The van der Waals surface area contributed by atoms with Gasteiger partial charge in [-0.1, -0.05) is 0 Å². The van der Waals surface area contributed by atoms with E-state index in [-0.39, 0.29) is 0 Å². The zero-order valence-electron chi connectivity index (χ0n) is 6.30. The zero-order valence-corrected chi connectivity index (χ0v) is 10.8. The van der Waals surface area contributed by atoms with Gasteiger partial charge in [-0.25, -0.2) is 0 Å². The zero-order chi connectivity index (χ0) is 7.82. The third-order valence-corrected chi connectivity index (χ3v) is 13.6. The molecule has 0 aromatic carbocycles. The SMILES string of the molecule is CCC[CH2][Sn](=[S])[S]CCO. The Hall–Kier alpha value is 1.33. The van der Waals surface area contributed by atoms with Crippen molar-refractivity contribution in [2.24, 2.45) is 0 Å². The fourth-order valence-electron chi connectivity index (χ4n) is 0.553. The molecule has 0 aliphatic rings. The number of rotatable bonds is 6. The maximum absolute atomic E-state index is 8.50. The molecule has 0 atom stereocenters. The van der Waals surface area contributed by atoms with Crippen molar-refractivity contribution in [3.05, 3.63) is 0 Å². The van der Waals surface area contributed by atoms with Crippen molar-refractivity contribution in [1.82, 2.24) is 0 Å². The molecular weight excluding hydrogens is 271 g/mol. The van der Waals surface area contributed by atoms with E-state index in [0.717, 1.165) is 5.75 Å². The third kappa shape index (κ3) is 7.44. The minimum atomic E-state index is -1.40. The van der Waals surface area contributed by atoms with Crippen LogP contribution < -0.4 is 0 Å². The van der Waals surface area contributed by atoms with Crippen molar-refractivity contribution >= 4 is 34.7 Å². The quantitative estimate of drug-likeness (QED) is 0.755. The van der Waals surface area contributed by atoms with Crippen LogP contribution in [0, 0.1) is 0 Å². The molecule has 0 aromatic heterocycles. The fraction of sp³-hybridized carbons (Fsp3) is 1.00.